The van der Waals surface area contributed by atoms with Crippen molar-refractivity contribution in [3.63, 3.8) is 0 Å². The van der Waals surface area contributed by atoms with Gasteiger partial charge in [-0.2, -0.15) is 0 Å². The molecule has 23 heavy (non-hydrogen) atoms. The molecule has 0 aromatic carbocycles. The topological polar surface area (TPSA) is 26.3 Å². The van der Waals surface area contributed by atoms with Crippen LogP contribution >= 0.6 is 0 Å². The number of carbonyl (C=O) groups is 1. The van der Waals surface area contributed by atoms with Crippen molar-refractivity contribution in [2.45, 2.75) is 102 Å². The van der Waals surface area contributed by atoms with Crippen LogP contribution in [0.5, 0.6) is 0 Å². The van der Waals surface area contributed by atoms with Crippen molar-refractivity contribution < 1.29 is 9.53 Å². The Morgan fingerprint density at radius 3 is 2.09 bits per heavy atom. The summed E-state index contributed by atoms with van der Waals surface area (Å²) in [6, 6.07) is 0. The number of hydrogen-bond donors (Lipinski definition) is 0. The van der Waals surface area contributed by atoms with Crippen LogP contribution in [-0.4, -0.2) is 12.1 Å². The van der Waals surface area contributed by atoms with Gasteiger partial charge in [0.05, 0.1) is 5.41 Å². The van der Waals surface area contributed by atoms with Crippen LogP contribution < -0.4 is 0 Å². The Labute approximate surface area is 145 Å². The van der Waals surface area contributed by atoms with E-state index >= 15 is 0 Å². The second-order valence-corrected chi connectivity index (χ2v) is 10.1. The van der Waals surface area contributed by atoms with Crippen molar-refractivity contribution >= 4 is 5.97 Å². The van der Waals surface area contributed by atoms with Crippen molar-refractivity contribution in [3.05, 3.63) is 0 Å². The fraction of sp³-hybridized carbons (Fsp3) is 0.952. The molecule has 0 aliphatic heterocycles. The molecule has 0 saturated heterocycles. The predicted molar refractivity (Wildman–Crippen MR) is 100 cm³/mol. The van der Waals surface area contributed by atoms with E-state index in [0.29, 0.717) is 11.8 Å². The second-order valence-electron chi connectivity index (χ2n) is 10.1. The molecule has 0 heterocycles. The first-order valence-electron chi connectivity index (χ1n) is 8.98. The van der Waals surface area contributed by atoms with Crippen molar-refractivity contribution in [2.24, 2.45) is 28.1 Å². The largest absolute Gasteiger partial charge is 0.462 e. The Balaban J connectivity index is 0.00000484. The molecule has 1 saturated carbocycles. The van der Waals surface area contributed by atoms with E-state index in [9.17, 15) is 4.79 Å². The van der Waals surface area contributed by atoms with E-state index in [2.05, 4.69) is 62.3 Å². The van der Waals surface area contributed by atoms with E-state index in [1.807, 2.05) is 0 Å². The maximum absolute atomic E-state index is 13.0. The summed E-state index contributed by atoms with van der Waals surface area (Å²) >= 11 is 0. The molecule has 0 radical (unpaired) electrons. The van der Waals surface area contributed by atoms with E-state index in [0.717, 1.165) is 19.3 Å². The zero-order valence-electron chi connectivity index (χ0n) is 16.4. The summed E-state index contributed by atoms with van der Waals surface area (Å²) in [5.74, 6) is 1.12. The van der Waals surface area contributed by atoms with Gasteiger partial charge < -0.3 is 4.74 Å². The lowest BCUT2D eigenvalue weighted by molar-refractivity contribution is -0.173. The highest BCUT2D eigenvalue weighted by Crippen LogP contribution is 2.46. The monoisotopic (exact) mass is 326 g/mol. The number of ether oxygens (including phenoxy) is 1. The highest BCUT2D eigenvalue weighted by atomic mass is 16.5. The van der Waals surface area contributed by atoms with Crippen molar-refractivity contribution in [2.75, 3.05) is 0 Å². The Hall–Kier alpha value is -0.530. The summed E-state index contributed by atoms with van der Waals surface area (Å²) in [7, 11) is 0. The zero-order valence-corrected chi connectivity index (χ0v) is 16.4. The van der Waals surface area contributed by atoms with Gasteiger partial charge in [0.2, 0.25) is 0 Å². The molecule has 1 aliphatic rings. The van der Waals surface area contributed by atoms with Crippen molar-refractivity contribution in [1.82, 2.24) is 0 Å². The van der Waals surface area contributed by atoms with E-state index in [1.54, 1.807) is 0 Å². The van der Waals surface area contributed by atoms with Gasteiger partial charge in [0.1, 0.15) is 6.10 Å². The van der Waals surface area contributed by atoms with Gasteiger partial charge >= 0.3 is 5.97 Å². The average Bonchev–Trinajstić information content (AvgIpc) is 2.22. The number of carbonyl (C=O) groups excluding carboxylic acids is 1. The molecule has 0 aromatic heterocycles. The van der Waals surface area contributed by atoms with Crippen LogP contribution in [0, 0.1) is 28.1 Å². The number of hydrogen-bond acceptors (Lipinski definition) is 2. The van der Waals surface area contributed by atoms with E-state index in [4.69, 9.17) is 4.74 Å². The fourth-order valence-corrected chi connectivity index (χ4v) is 4.14. The van der Waals surface area contributed by atoms with Gasteiger partial charge in [-0.1, -0.05) is 62.8 Å². The minimum absolute atomic E-state index is 0. The molecule has 0 N–H and O–H groups in total. The fourth-order valence-electron chi connectivity index (χ4n) is 4.14. The smallest absolute Gasteiger partial charge is 0.312 e. The minimum Gasteiger partial charge on any atom is -0.462 e. The Morgan fingerprint density at radius 2 is 1.70 bits per heavy atom. The first kappa shape index (κ1) is 22.5. The molecule has 2 heteroatoms. The van der Waals surface area contributed by atoms with E-state index in [-0.39, 0.29) is 30.3 Å². The lowest BCUT2D eigenvalue weighted by Crippen LogP contribution is -2.45. The maximum atomic E-state index is 13.0. The molecule has 1 aliphatic carbocycles. The standard InChI is InChI=1S/C20H38O2.CH4/c1-14(2)11-20(9,18(4,5)6)17(21)22-16-10-15(3)12-19(7,8)13-16;/h14-16H,10-13H2,1-9H3;1H4. The summed E-state index contributed by atoms with van der Waals surface area (Å²) in [4.78, 5) is 13.0. The molecule has 138 valence electrons. The Kier molecular flexibility index (Phi) is 7.40. The lowest BCUT2D eigenvalue weighted by atomic mass is 9.64. The van der Waals surface area contributed by atoms with Crippen LogP contribution in [-0.2, 0) is 9.53 Å². The predicted octanol–water partition coefficient (Wildman–Crippen LogP) is 6.48. The Morgan fingerprint density at radius 1 is 1.17 bits per heavy atom. The summed E-state index contributed by atoms with van der Waals surface area (Å²) in [6.07, 6.45) is 4.19. The number of esters is 1. The van der Waals surface area contributed by atoms with E-state index in [1.165, 1.54) is 6.42 Å². The van der Waals surface area contributed by atoms with Crippen LogP contribution in [0.3, 0.4) is 0 Å². The molecule has 0 spiro atoms. The highest BCUT2D eigenvalue weighted by molar-refractivity contribution is 5.77. The van der Waals surface area contributed by atoms with E-state index < -0.39 is 5.41 Å². The molecule has 0 aromatic rings. The quantitative estimate of drug-likeness (QED) is 0.553. The van der Waals surface area contributed by atoms with Gasteiger partial charge in [0.15, 0.2) is 0 Å². The molecule has 0 amide bonds. The molecule has 3 atom stereocenters. The van der Waals surface area contributed by atoms with Crippen LogP contribution in [0.4, 0.5) is 0 Å². The maximum Gasteiger partial charge on any atom is 0.312 e. The third-order valence-corrected chi connectivity index (χ3v) is 5.54. The molecule has 1 rings (SSSR count). The Bertz CT molecular complexity index is 389. The van der Waals surface area contributed by atoms with Crippen LogP contribution in [0.15, 0.2) is 0 Å². The normalized spacial score (nSPS) is 27.0. The highest BCUT2D eigenvalue weighted by Gasteiger charge is 2.47. The van der Waals surface area contributed by atoms with Crippen molar-refractivity contribution in [1.29, 1.82) is 0 Å². The lowest BCUT2D eigenvalue weighted by Gasteiger charge is -2.44. The molecule has 1 fully saturated rings. The first-order valence-corrected chi connectivity index (χ1v) is 8.98. The summed E-state index contributed by atoms with van der Waals surface area (Å²) in [6.45, 7) is 19.8. The molecular formula is C21H42O2. The zero-order chi connectivity index (χ0) is 17.3. The molecule has 0 bridgehead atoms. The molecule has 2 nitrogen and oxygen atoms in total. The number of rotatable bonds is 4. The van der Waals surface area contributed by atoms with Crippen LogP contribution in [0.1, 0.15) is 95.4 Å². The summed E-state index contributed by atoms with van der Waals surface area (Å²) < 4.78 is 6.05. The molecule has 3 unspecified atom stereocenters. The third-order valence-electron chi connectivity index (χ3n) is 5.54. The van der Waals surface area contributed by atoms with Gasteiger partial charge in [-0.15, -0.1) is 0 Å². The molecular weight excluding hydrogens is 284 g/mol. The second kappa shape index (κ2) is 7.57. The van der Waals surface area contributed by atoms with Gasteiger partial charge in [0.25, 0.3) is 0 Å². The van der Waals surface area contributed by atoms with Gasteiger partial charge in [-0.25, -0.2) is 0 Å². The van der Waals surface area contributed by atoms with Gasteiger partial charge in [-0.3, -0.25) is 4.79 Å². The average molecular weight is 327 g/mol. The van der Waals surface area contributed by atoms with Gasteiger partial charge in [0, 0.05) is 0 Å². The van der Waals surface area contributed by atoms with Crippen LogP contribution in [0.25, 0.3) is 0 Å². The summed E-state index contributed by atoms with van der Waals surface area (Å²) in [5, 5.41) is 0. The van der Waals surface area contributed by atoms with Crippen molar-refractivity contribution in [3.8, 4) is 0 Å². The van der Waals surface area contributed by atoms with Crippen LogP contribution in [0.2, 0.25) is 0 Å². The summed E-state index contributed by atoms with van der Waals surface area (Å²) in [5.41, 5.74) is -0.241. The van der Waals surface area contributed by atoms with Gasteiger partial charge in [-0.05, 0) is 55.3 Å². The SMILES string of the molecule is C.CC(C)CC(C)(C(=O)OC1CC(C)CC(C)(C)C1)C(C)(C)C. The third kappa shape index (κ3) is 5.80. The first-order chi connectivity index (χ1) is 9.77. The minimum atomic E-state index is -0.425.